The van der Waals surface area contributed by atoms with Gasteiger partial charge in [-0.15, -0.1) is 11.8 Å². The second-order valence-corrected chi connectivity index (χ2v) is 8.74. The summed E-state index contributed by atoms with van der Waals surface area (Å²) in [6.07, 6.45) is -0.340. The largest absolute Gasteiger partial charge is 0.465 e. The number of likely N-dealkylation sites (N-methyl/N-ethyl adjacent to an activating group) is 2. The van der Waals surface area contributed by atoms with Crippen molar-refractivity contribution in [2.24, 2.45) is 0 Å². The van der Waals surface area contributed by atoms with Crippen LogP contribution in [-0.4, -0.2) is 70.6 Å². The lowest BCUT2D eigenvalue weighted by Gasteiger charge is -2.27. The van der Waals surface area contributed by atoms with Crippen molar-refractivity contribution in [3.8, 4) is 0 Å². The van der Waals surface area contributed by atoms with E-state index in [0.717, 1.165) is 29.2 Å². The molecule has 0 N–H and O–H groups in total. The Morgan fingerprint density at radius 3 is 2.25 bits per heavy atom. The molecule has 0 spiro atoms. The number of aldehydes is 1. The molecule has 2 aromatic rings. The van der Waals surface area contributed by atoms with E-state index < -0.39 is 23.3 Å². The number of hydrogen-bond donors (Lipinski definition) is 0. The molecule has 2 aromatic carbocycles. The zero-order chi connectivity index (χ0) is 23.7. The van der Waals surface area contributed by atoms with E-state index >= 15 is 0 Å². The summed E-state index contributed by atoms with van der Waals surface area (Å²) >= 11 is 1.45. The third-order valence-corrected chi connectivity index (χ3v) is 6.20. The van der Waals surface area contributed by atoms with Gasteiger partial charge >= 0.3 is 11.9 Å². The van der Waals surface area contributed by atoms with Crippen molar-refractivity contribution in [3.63, 3.8) is 0 Å². The van der Waals surface area contributed by atoms with Gasteiger partial charge in [0.25, 0.3) is 0 Å². The summed E-state index contributed by atoms with van der Waals surface area (Å²) in [6, 6.07) is 14.7. The van der Waals surface area contributed by atoms with E-state index in [1.54, 1.807) is 24.3 Å². The van der Waals surface area contributed by atoms with Gasteiger partial charge in [0.2, 0.25) is 0 Å². The molecule has 2 rings (SSSR count). The minimum Gasteiger partial charge on any atom is -0.465 e. The Hall–Kier alpha value is -2.84. The summed E-state index contributed by atoms with van der Waals surface area (Å²) in [5, 5.41) is -0.494. The van der Waals surface area contributed by atoms with E-state index in [-0.39, 0.29) is 0 Å². The molecule has 32 heavy (non-hydrogen) atoms. The SMILES string of the molecule is COC(=O)c1ccc([C@H](Sc2ccccc2N(C)CCN(C)C)[C@H](C=O)OC(C)=O)cc1. The fraction of sp³-hybridized carbons (Fsp3) is 0.375. The molecule has 0 amide bonds. The summed E-state index contributed by atoms with van der Waals surface area (Å²) in [7, 11) is 7.39. The van der Waals surface area contributed by atoms with Crippen LogP contribution in [0.3, 0.4) is 0 Å². The number of benzene rings is 2. The average Bonchev–Trinajstić information content (AvgIpc) is 2.79. The van der Waals surface area contributed by atoms with Crippen molar-refractivity contribution in [2.45, 2.75) is 23.2 Å². The Kier molecular flexibility index (Phi) is 9.74. The first kappa shape index (κ1) is 25.4. The Morgan fingerprint density at radius 2 is 1.69 bits per heavy atom. The van der Waals surface area contributed by atoms with Gasteiger partial charge in [-0.1, -0.05) is 24.3 Å². The number of anilines is 1. The molecule has 8 heteroatoms. The Labute approximate surface area is 193 Å². The average molecular weight is 459 g/mol. The van der Waals surface area contributed by atoms with E-state index in [0.29, 0.717) is 11.8 Å². The third kappa shape index (κ3) is 7.10. The van der Waals surface area contributed by atoms with Crippen molar-refractivity contribution < 1.29 is 23.9 Å². The van der Waals surface area contributed by atoms with Crippen LogP contribution in [-0.2, 0) is 19.1 Å². The number of para-hydroxylation sites is 1. The number of nitrogens with zero attached hydrogens (tertiary/aromatic N) is 2. The highest BCUT2D eigenvalue weighted by molar-refractivity contribution is 7.99. The van der Waals surface area contributed by atoms with Gasteiger partial charge < -0.3 is 19.3 Å². The molecule has 172 valence electrons. The monoisotopic (exact) mass is 458 g/mol. The number of rotatable bonds is 11. The molecule has 0 heterocycles. The first-order valence-electron chi connectivity index (χ1n) is 10.2. The van der Waals surface area contributed by atoms with Gasteiger partial charge in [-0.05, 0) is 43.9 Å². The summed E-state index contributed by atoms with van der Waals surface area (Å²) in [6.45, 7) is 2.99. The van der Waals surface area contributed by atoms with Crippen molar-refractivity contribution in [3.05, 3.63) is 59.7 Å². The van der Waals surface area contributed by atoms with Gasteiger partial charge in [-0.25, -0.2) is 4.79 Å². The lowest BCUT2D eigenvalue weighted by atomic mass is 10.1. The second-order valence-electron chi connectivity index (χ2n) is 7.55. The Bertz CT molecular complexity index is 917. The van der Waals surface area contributed by atoms with Crippen LogP contribution in [0.2, 0.25) is 0 Å². The van der Waals surface area contributed by atoms with Crippen LogP contribution in [0, 0.1) is 0 Å². The molecule has 0 aliphatic carbocycles. The molecule has 0 bridgehead atoms. The molecule has 0 saturated carbocycles. The number of ether oxygens (including phenoxy) is 2. The quantitative estimate of drug-likeness (QED) is 0.288. The van der Waals surface area contributed by atoms with Crippen molar-refractivity contribution in [1.29, 1.82) is 0 Å². The zero-order valence-electron chi connectivity index (χ0n) is 19.1. The maximum Gasteiger partial charge on any atom is 0.337 e. The van der Waals surface area contributed by atoms with Crippen LogP contribution < -0.4 is 4.90 Å². The molecule has 0 saturated heterocycles. The molecule has 0 aliphatic rings. The normalized spacial score (nSPS) is 12.7. The minimum atomic E-state index is -0.985. The number of esters is 2. The fourth-order valence-corrected chi connectivity index (χ4v) is 4.41. The van der Waals surface area contributed by atoms with Gasteiger partial charge in [0, 0.05) is 32.0 Å². The van der Waals surface area contributed by atoms with Crippen LogP contribution in [0.1, 0.15) is 28.1 Å². The molecule has 0 aromatic heterocycles. The standard InChI is InChI=1S/C24H30N2O5S/c1-17(28)31-21(16-27)23(18-10-12-19(13-11-18)24(29)30-5)32-22-9-7-6-8-20(22)26(4)15-14-25(2)3/h6-13,16,21,23H,14-15H2,1-5H3/t21-,23-/m0/s1. The fourth-order valence-electron chi connectivity index (χ4n) is 3.08. The van der Waals surface area contributed by atoms with Crippen LogP contribution in [0.5, 0.6) is 0 Å². The minimum absolute atomic E-state index is 0.402. The third-order valence-electron chi connectivity index (χ3n) is 4.81. The molecule has 7 nitrogen and oxygen atoms in total. The Morgan fingerprint density at radius 1 is 1.03 bits per heavy atom. The van der Waals surface area contributed by atoms with Crippen molar-refractivity contribution >= 4 is 35.7 Å². The van der Waals surface area contributed by atoms with Gasteiger partial charge in [-0.2, -0.15) is 0 Å². The number of carbonyl (C=O) groups is 3. The predicted octanol–water partition coefficient (Wildman–Crippen LogP) is 3.44. The van der Waals surface area contributed by atoms with Crippen LogP contribution >= 0.6 is 11.8 Å². The Balaban J connectivity index is 2.40. The van der Waals surface area contributed by atoms with E-state index in [4.69, 9.17) is 9.47 Å². The number of methoxy groups -OCH3 is 1. The van der Waals surface area contributed by atoms with Crippen LogP contribution in [0.4, 0.5) is 5.69 Å². The number of hydrogen-bond acceptors (Lipinski definition) is 8. The van der Waals surface area contributed by atoms with Gasteiger partial charge in [0.15, 0.2) is 12.4 Å². The molecule has 0 aliphatic heterocycles. The molecule has 0 unspecified atom stereocenters. The summed E-state index contributed by atoms with van der Waals surface area (Å²) in [5.41, 5.74) is 2.17. The predicted molar refractivity (Wildman–Crippen MR) is 126 cm³/mol. The van der Waals surface area contributed by atoms with E-state index in [2.05, 4.69) is 9.80 Å². The first-order valence-corrected chi connectivity index (χ1v) is 11.1. The lowest BCUT2D eigenvalue weighted by Crippen LogP contribution is -2.29. The van der Waals surface area contributed by atoms with E-state index in [9.17, 15) is 14.4 Å². The maximum atomic E-state index is 11.9. The van der Waals surface area contributed by atoms with Crippen LogP contribution in [0.25, 0.3) is 0 Å². The summed E-state index contributed by atoms with van der Waals surface area (Å²) in [5.74, 6) is -0.976. The van der Waals surface area contributed by atoms with Crippen LogP contribution in [0.15, 0.2) is 53.4 Å². The lowest BCUT2D eigenvalue weighted by molar-refractivity contribution is -0.149. The first-order chi connectivity index (χ1) is 15.3. The second kappa shape index (κ2) is 12.3. The highest BCUT2D eigenvalue weighted by atomic mass is 32.2. The van der Waals surface area contributed by atoms with Crippen molar-refractivity contribution in [1.82, 2.24) is 4.90 Å². The summed E-state index contributed by atoms with van der Waals surface area (Å²) in [4.78, 5) is 40.5. The topological polar surface area (TPSA) is 76.2 Å². The van der Waals surface area contributed by atoms with Gasteiger partial charge in [0.05, 0.1) is 23.6 Å². The van der Waals surface area contributed by atoms with Crippen molar-refractivity contribution in [2.75, 3.05) is 46.2 Å². The maximum absolute atomic E-state index is 11.9. The molecule has 0 fully saturated rings. The molecule has 0 radical (unpaired) electrons. The molecular weight excluding hydrogens is 428 g/mol. The summed E-state index contributed by atoms with van der Waals surface area (Å²) < 4.78 is 10.1. The zero-order valence-corrected chi connectivity index (χ0v) is 19.9. The number of carbonyl (C=O) groups excluding carboxylic acids is 3. The van der Waals surface area contributed by atoms with E-state index in [1.807, 2.05) is 45.4 Å². The highest BCUT2D eigenvalue weighted by Crippen LogP contribution is 2.42. The van der Waals surface area contributed by atoms with E-state index in [1.165, 1.54) is 25.8 Å². The smallest absolute Gasteiger partial charge is 0.337 e. The number of thioether (sulfide) groups is 1. The van der Waals surface area contributed by atoms with Gasteiger partial charge in [0.1, 0.15) is 0 Å². The molecule has 2 atom stereocenters. The highest BCUT2D eigenvalue weighted by Gasteiger charge is 2.28. The molecular formula is C24H30N2O5S. The van der Waals surface area contributed by atoms with Gasteiger partial charge in [-0.3, -0.25) is 9.59 Å².